The number of hydrogen-bond donors (Lipinski definition) is 0. The minimum absolute atomic E-state index is 0.00182. The molecule has 320 valence electrons. The van der Waals surface area contributed by atoms with Gasteiger partial charge in [-0.25, -0.2) is 0 Å². The van der Waals surface area contributed by atoms with Gasteiger partial charge in [-0.1, -0.05) is 80.5 Å². The second-order valence-electron chi connectivity index (χ2n) is 18.4. The molecule has 0 aromatic carbocycles. The molecule has 0 saturated carbocycles. The molecule has 0 aromatic rings. The van der Waals surface area contributed by atoms with Crippen molar-refractivity contribution in [2.24, 2.45) is 23.2 Å². The SMILES string of the molecule is CC[Si](CC)(CC)OCC/C=C/[C@@H](C[C@H](C)C/C=C(\C)[C@H](CC[C@@H](C)[C@@H](O[Si](C)(C)C(C)(C)C)[C@H](C)[C@@H](CCOC(=O)C(C)(C)C)OCSC)OC)OC. The molecule has 0 unspecified atom stereocenters. The second kappa shape index (κ2) is 26.5. The van der Waals surface area contributed by atoms with E-state index in [2.05, 4.69) is 107 Å². The molecule has 0 N–H and O–H groups in total. The Labute approximate surface area is 341 Å². The van der Waals surface area contributed by atoms with Crippen LogP contribution in [0.3, 0.4) is 0 Å². The van der Waals surface area contributed by atoms with Crippen LogP contribution in [0.5, 0.6) is 0 Å². The molecule has 0 aliphatic rings. The van der Waals surface area contributed by atoms with E-state index in [9.17, 15) is 4.79 Å². The lowest BCUT2D eigenvalue weighted by molar-refractivity contribution is -0.154. The fourth-order valence-electron chi connectivity index (χ4n) is 6.63. The maximum Gasteiger partial charge on any atom is 0.311 e. The molecule has 0 aliphatic heterocycles. The molecular formula is C44H88O7SSi2. The zero-order chi connectivity index (χ0) is 41.8. The Morgan fingerprint density at radius 1 is 0.870 bits per heavy atom. The first-order valence-electron chi connectivity index (χ1n) is 21.1. The fraction of sp³-hybridized carbons (Fsp3) is 0.886. The van der Waals surface area contributed by atoms with E-state index in [-0.39, 0.29) is 47.3 Å². The van der Waals surface area contributed by atoms with Gasteiger partial charge < -0.3 is 27.8 Å². The molecule has 0 radical (unpaired) electrons. The smallest absolute Gasteiger partial charge is 0.311 e. The summed E-state index contributed by atoms with van der Waals surface area (Å²) in [7, 11) is 0.00348. The Bertz CT molecular complexity index is 1060. The van der Waals surface area contributed by atoms with Gasteiger partial charge in [-0.2, -0.15) is 0 Å². The number of thioether (sulfide) groups is 1. The van der Waals surface area contributed by atoms with Crippen molar-refractivity contribution in [3.63, 3.8) is 0 Å². The summed E-state index contributed by atoms with van der Waals surface area (Å²) in [5, 5.41) is 0.0755. The molecule has 0 rings (SSSR count). The topological polar surface area (TPSA) is 72.5 Å². The van der Waals surface area contributed by atoms with Gasteiger partial charge >= 0.3 is 5.97 Å². The van der Waals surface area contributed by atoms with Crippen LogP contribution in [0, 0.1) is 23.2 Å². The zero-order valence-corrected chi connectivity index (χ0v) is 41.3. The fourth-order valence-corrected chi connectivity index (χ4v) is 11.1. The van der Waals surface area contributed by atoms with Crippen LogP contribution < -0.4 is 0 Å². The summed E-state index contributed by atoms with van der Waals surface area (Å²) in [6.07, 6.45) is 14.4. The first-order chi connectivity index (χ1) is 25.1. The molecule has 0 fully saturated rings. The first kappa shape index (κ1) is 53.5. The van der Waals surface area contributed by atoms with Gasteiger partial charge in [0.15, 0.2) is 16.6 Å². The standard InChI is InChI=1S/C44H88O7SSi2/c1-19-54(20-2,21-3)50-30-23-22-24-38(46-14)32-34(4)25-26-35(5)39(47-15)28-27-36(6)41(51-53(17,18)44(11,12)13)37(7)40(49-33-52-16)29-31-48-42(45)43(8,9)10/h22,24,26,34,36-41H,19-21,23,25,27-33H2,1-18H3/b24-22+,35-26+/t34-,36-,37-,38+,39+,40-,41-/m1/s1. The highest BCUT2D eigenvalue weighted by Gasteiger charge is 2.43. The third-order valence-electron chi connectivity index (χ3n) is 12.0. The summed E-state index contributed by atoms with van der Waals surface area (Å²) in [5.74, 6) is 1.28. The highest BCUT2D eigenvalue weighted by Crippen LogP contribution is 2.41. The monoisotopic (exact) mass is 817 g/mol. The van der Waals surface area contributed by atoms with Crippen LogP contribution in [-0.4, -0.2) is 86.6 Å². The van der Waals surface area contributed by atoms with Crippen molar-refractivity contribution in [2.75, 3.05) is 39.6 Å². The average molecular weight is 817 g/mol. The highest BCUT2D eigenvalue weighted by atomic mass is 32.2. The normalized spacial score (nSPS) is 17.6. The van der Waals surface area contributed by atoms with E-state index in [4.69, 9.17) is 27.8 Å². The van der Waals surface area contributed by atoms with Crippen molar-refractivity contribution in [3.8, 4) is 0 Å². The molecule has 7 nitrogen and oxygen atoms in total. The van der Waals surface area contributed by atoms with E-state index in [1.807, 2.05) is 35.0 Å². The van der Waals surface area contributed by atoms with Gasteiger partial charge in [-0.3, -0.25) is 4.79 Å². The molecule has 7 atom stereocenters. The number of esters is 1. The largest absolute Gasteiger partial charge is 0.465 e. The predicted octanol–water partition coefficient (Wildman–Crippen LogP) is 12.5. The highest BCUT2D eigenvalue weighted by molar-refractivity contribution is 7.98. The number of carbonyl (C=O) groups excluding carboxylic acids is 1. The van der Waals surface area contributed by atoms with Crippen LogP contribution >= 0.6 is 11.8 Å². The van der Waals surface area contributed by atoms with Crippen molar-refractivity contribution in [3.05, 3.63) is 23.8 Å². The quantitative estimate of drug-likeness (QED) is 0.0243. The Morgan fingerprint density at radius 2 is 1.48 bits per heavy atom. The van der Waals surface area contributed by atoms with Gasteiger partial charge in [0.1, 0.15) is 0 Å². The molecule has 0 heterocycles. The van der Waals surface area contributed by atoms with Gasteiger partial charge in [0.05, 0.1) is 42.4 Å². The first-order valence-corrected chi connectivity index (χ1v) is 27.9. The molecule has 0 spiro atoms. The predicted molar refractivity (Wildman–Crippen MR) is 239 cm³/mol. The summed E-state index contributed by atoms with van der Waals surface area (Å²) in [6.45, 7) is 34.3. The zero-order valence-electron chi connectivity index (χ0n) is 38.5. The number of carbonyl (C=O) groups is 1. The van der Waals surface area contributed by atoms with E-state index in [1.54, 1.807) is 11.8 Å². The number of rotatable bonds is 29. The van der Waals surface area contributed by atoms with Crippen molar-refractivity contribution >= 4 is 34.4 Å². The molecule has 0 bridgehead atoms. The third-order valence-corrected chi connectivity index (χ3v) is 21.5. The molecule has 0 saturated heterocycles. The van der Waals surface area contributed by atoms with Gasteiger partial charge in [-0.15, -0.1) is 11.8 Å². The van der Waals surface area contributed by atoms with Crippen LogP contribution in [0.25, 0.3) is 0 Å². The van der Waals surface area contributed by atoms with Crippen LogP contribution in [0.1, 0.15) is 129 Å². The minimum atomic E-state index is -2.11. The Kier molecular flexibility index (Phi) is 26.3. The number of methoxy groups -OCH3 is 2. The molecule has 10 heteroatoms. The lowest BCUT2D eigenvalue weighted by Gasteiger charge is -2.44. The van der Waals surface area contributed by atoms with Gasteiger partial charge in [0, 0.05) is 33.2 Å². The van der Waals surface area contributed by atoms with Crippen LogP contribution in [-0.2, 0) is 32.6 Å². The maximum absolute atomic E-state index is 12.5. The van der Waals surface area contributed by atoms with Crippen molar-refractivity contribution in [1.82, 2.24) is 0 Å². The summed E-state index contributed by atoms with van der Waals surface area (Å²) < 4.78 is 37.8. The summed E-state index contributed by atoms with van der Waals surface area (Å²) in [4.78, 5) is 12.5. The molecule has 0 amide bonds. The lowest BCUT2D eigenvalue weighted by Crippen LogP contribution is -2.49. The minimum Gasteiger partial charge on any atom is -0.465 e. The Balaban J connectivity index is 5.69. The van der Waals surface area contributed by atoms with Crippen molar-refractivity contribution in [1.29, 1.82) is 0 Å². The van der Waals surface area contributed by atoms with Gasteiger partial charge in [0.25, 0.3) is 0 Å². The van der Waals surface area contributed by atoms with E-state index in [1.165, 1.54) is 23.7 Å². The lowest BCUT2D eigenvalue weighted by atomic mass is 9.84. The van der Waals surface area contributed by atoms with Gasteiger partial charge in [0.2, 0.25) is 0 Å². The van der Waals surface area contributed by atoms with E-state index >= 15 is 0 Å². The number of allylic oxidation sites excluding steroid dienone is 1. The molecule has 0 aromatic heterocycles. The molecule has 0 aliphatic carbocycles. The number of hydrogen-bond acceptors (Lipinski definition) is 8. The van der Waals surface area contributed by atoms with Crippen molar-refractivity contribution < 1.29 is 32.6 Å². The summed E-state index contributed by atoms with van der Waals surface area (Å²) in [6, 6.07) is 3.57. The Morgan fingerprint density at radius 3 is 1.98 bits per heavy atom. The van der Waals surface area contributed by atoms with Crippen LogP contribution in [0.2, 0.25) is 36.3 Å². The average Bonchev–Trinajstić information content (AvgIpc) is 3.11. The Hall–Kier alpha value is -0.466. The van der Waals surface area contributed by atoms with E-state index in [0.29, 0.717) is 24.9 Å². The summed E-state index contributed by atoms with van der Waals surface area (Å²) >= 11 is 1.67. The maximum atomic E-state index is 12.5. The molecular weight excluding hydrogens is 729 g/mol. The second-order valence-corrected chi connectivity index (χ2v) is 28.7. The van der Waals surface area contributed by atoms with Crippen LogP contribution in [0.15, 0.2) is 23.8 Å². The molecule has 54 heavy (non-hydrogen) atoms. The number of ether oxygens (including phenoxy) is 4. The van der Waals surface area contributed by atoms with Gasteiger partial charge in [-0.05, 0) is 120 Å². The summed E-state index contributed by atoms with van der Waals surface area (Å²) in [5.41, 5.74) is 0.753. The third kappa shape index (κ3) is 19.8. The van der Waals surface area contributed by atoms with Crippen molar-refractivity contribution in [2.45, 2.75) is 189 Å². The van der Waals surface area contributed by atoms with Crippen LogP contribution in [0.4, 0.5) is 0 Å². The van der Waals surface area contributed by atoms with E-state index in [0.717, 1.165) is 38.7 Å². The van der Waals surface area contributed by atoms with E-state index < -0.39 is 22.0 Å².